The van der Waals surface area contributed by atoms with Crippen LogP contribution >= 0.6 is 0 Å². The number of hydrogen-bond acceptors (Lipinski definition) is 7. The zero-order chi connectivity index (χ0) is 17.8. The van der Waals surface area contributed by atoms with Crippen LogP contribution in [0.2, 0.25) is 0 Å². The summed E-state index contributed by atoms with van der Waals surface area (Å²) in [5, 5.41) is 9.71. The van der Waals surface area contributed by atoms with Crippen molar-refractivity contribution in [1.82, 2.24) is 10.2 Å². The molecule has 1 aliphatic rings. The van der Waals surface area contributed by atoms with E-state index >= 15 is 0 Å². The molecular weight excluding hydrogens is 328 g/mol. The lowest BCUT2D eigenvalue weighted by Crippen LogP contribution is -2.25. The molecule has 2 aromatic rings. The third-order valence-corrected chi connectivity index (χ3v) is 3.66. The predicted molar refractivity (Wildman–Crippen MR) is 85.7 cm³/mol. The number of carbonyl (C=O) groups is 3. The third kappa shape index (κ3) is 3.65. The average molecular weight is 344 g/mol. The molecule has 130 valence electrons. The van der Waals surface area contributed by atoms with Crippen LogP contribution in [0.1, 0.15) is 25.2 Å². The van der Waals surface area contributed by atoms with Crippen LogP contribution in [0.15, 0.2) is 34.7 Å². The van der Waals surface area contributed by atoms with E-state index in [4.69, 9.17) is 4.42 Å². The van der Waals surface area contributed by atoms with Crippen LogP contribution in [0.3, 0.4) is 0 Å². The summed E-state index contributed by atoms with van der Waals surface area (Å²) in [4.78, 5) is 36.7. The van der Waals surface area contributed by atoms with Crippen molar-refractivity contribution in [1.29, 1.82) is 0 Å². The fourth-order valence-electron chi connectivity index (χ4n) is 2.53. The second-order valence-corrected chi connectivity index (χ2v) is 5.36. The van der Waals surface area contributed by atoms with Gasteiger partial charge in [0.25, 0.3) is 0 Å². The Labute approximate surface area is 143 Å². The fourth-order valence-corrected chi connectivity index (χ4v) is 2.53. The molecule has 1 aromatic carbocycles. The zero-order valence-electron chi connectivity index (χ0n) is 13.5. The number of rotatable bonds is 4. The molecule has 1 saturated heterocycles. The van der Waals surface area contributed by atoms with Crippen molar-refractivity contribution in [3.63, 3.8) is 0 Å². The molecule has 0 bridgehead atoms. The Morgan fingerprint density at radius 3 is 2.80 bits per heavy atom. The highest BCUT2D eigenvalue weighted by molar-refractivity contribution is 6.37. The maximum absolute atomic E-state index is 12.2. The number of hydrogen-bond donors (Lipinski definition) is 1. The summed E-state index contributed by atoms with van der Waals surface area (Å²) in [6, 6.07) is 9.06. The number of para-hydroxylation sites is 1. The molecule has 2 heterocycles. The van der Waals surface area contributed by atoms with Gasteiger partial charge in [-0.3, -0.25) is 14.9 Å². The minimum Gasteiger partial charge on any atom is -0.459 e. The van der Waals surface area contributed by atoms with Gasteiger partial charge in [0.15, 0.2) is 0 Å². The predicted octanol–water partition coefficient (Wildman–Crippen LogP) is 1.09. The number of carbonyl (C=O) groups excluding carboxylic acids is 3. The van der Waals surface area contributed by atoms with Gasteiger partial charge in [-0.1, -0.05) is 23.3 Å². The molecule has 9 nitrogen and oxygen atoms in total. The average Bonchev–Trinajstić information content (AvgIpc) is 3.22. The first-order valence-electron chi connectivity index (χ1n) is 7.75. The molecule has 1 fully saturated rings. The molecule has 1 unspecified atom stereocenters. The largest absolute Gasteiger partial charge is 0.459 e. The van der Waals surface area contributed by atoms with Gasteiger partial charge in [-0.05, 0) is 19.1 Å². The fraction of sp³-hybridized carbons (Fsp3) is 0.312. The summed E-state index contributed by atoms with van der Waals surface area (Å²) in [5.74, 6) is -2.13. The van der Waals surface area contributed by atoms with E-state index in [2.05, 4.69) is 20.3 Å². The van der Waals surface area contributed by atoms with E-state index in [1.54, 1.807) is 11.8 Å². The van der Waals surface area contributed by atoms with Gasteiger partial charge < -0.3 is 14.1 Å². The Hall–Kier alpha value is -3.23. The number of amides is 2. The van der Waals surface area contributed by atoms with Crippen LogP contribution in [0, 0.1) is 0 Å². The van der Waals surface area contributed by atoms with Crippen molar-refractivity contribution in [3.8, 4) is 0 Å². The molecule has 0 radical (unpaired) electrons. The molecule has 9 heteroatoms. The molecule has 1 atom stereocenters. The monoisotopic (exact) mass is 344 g/mol. The Kier molecular flexibility index (Phi) is 4.73. The highest BCUT2D eigenvalue weighted by atomic mass is 16.5. The number of anilines is 2. The molecule has 1 N–H and O–H groups in total. The lowest BCUT2D eigenvalue weighted by atomic mass is 10.1. The maximum Gasteiger partial charge on any atom is 0.397 e. The highest BCUT2D eigenvalue weighted by Crippen LogP contribution is 2.31. The van der Waals surface area contributed by atoms with E-state index < -0.39 is 11.9 Å². The van der Waals surface area contributed by atoms with Gasteiger partial charge in [0.1, 0.15) is 0 Å². The Morgan fingerprint density at radius 2 is 2.08 bits per heavy atom. The normalized spacial score (nSPS) is 16.8. The summed E-state index contributed by atoms with van der Waals surface area (Å²) in [5.41, 5.74) is 0.797. The summed E-state index contributed by atoms with van der Waals surface area (Å²) in [6.45, 7) is 2.07. The van der Waals surface area contributed by atoms with Crippen LogP contribution in [0.4, 0.5) is 11.7 Å². The number of esters is 1. The minimum absolute atomic E-state index is 0.0495. The summed E-state index contributed by atoms with van der Waals surface area (Å²) in [7, 11) is 0. The van der Waals surface area contributed by atoms with Crippen LogP contribution in [0.5, 0.6) is 0 Å². The van der Waals surface area contributed by atoms with E-state index in [0.717, 1.165) is 5.69 Å². The second-order valence-electron chi connectivity index (χ2n) is 5.36. The molecule has 0 saturated carbocycles. The van der Waals surface area contributed by atoms with Gasteiger partial charge in [0, 0.05) is 18.7 Å². The van der Waals surface area contributed by atoms with Crippen molar-refractivity contribution in [3.05, 3.63) is 36.2 Å². The van der Waals surface area contributed by atoms with Gasteiger partial charge in [-0.25, -0.2) is 4.79 Å². The van der Waals surface area contributed by atoms with Gasteiger partial charge >= 0.3 is 17.9 Å². The van der Waals surface area contributed by atoms with Gasteiger partial charge in [0.2, 0.25) is 11.8 Å². The van der Waals surface area contributed by atoms with Crippen molar-refractivity contribution >= 4 is 29.5 Å². The molecule has 0 aliphatic carbocycles. The Balaban J connectivity index is 1.66. The van der Waals surface area contributed by atoms with Crippen molar-refractivity contribution in [2.24, 2.45) is 0 Å². The molecule has 2 amide bonds. The molecule has 1 aliphatic heterocycles. The standard InChI is InChI=1S/C16H16N4O5/c1-2-24-15(23)13(22)17-16-19-18-14(25-16)10-8-12(21)20(9-10)11-6-4-3-5-7-11/h3-7,10H,2,8-9H2,1H3,(H,17,19,22). The SMILES string of the molecule is CCOC(=O)C(=O)Nc1nnc(C2CC(=O)N(c3ccccc3)C2)o1. The van der Waals surface area contributed by atoms with E-state index in [1.165, 1.54) is 0 Å². The van der Waals surface area contributed by atoms with Crippen LogP contribution in [-0.2, 0) is 19.1 Å². The first kappa shape index (κ1) is 16.6. The Morgan fingerprint density at radius 1 is 1.32 bits per heavy atom. The lowest BCUT2D eigenvalue weighted by molar-refractivity contribution is -0.152. The second kappa shape index (κ2) is 7.12. The van der Waals surface area contributed by atoms with Crippen molar-refractivity contribution in [2.45, 2.75) is 19.3 Å². The van der Waals surface area contributed by atoms with Crippen LogP contribution in [0.25, 0.3) is 0 Å². The topological polar surface area (TPSA) is 115 Å². The summed E-state index contributed by atoms with van der Waals surface area (Å²) >= 11 is 0. The van der Waals surface area contributed by atoms with Crippen LogP contribution < -0.4 is 10.2 Å². The number of benzene rings is 1. The van der Waals surface area contributed by atoms with Crippen LogP contribution in [-0.4, -0.2) is 41.1 Å². The van der Waals surface area contributed by atoms with E-state index in [0.29, 0.717) is 6.54 Å². The highest BCUT2D eigenvalue weighted by Gasteiger charge is 2.35. The van der Waals surface area contributed by atoms with E-state index in [-0.39, 0.29) is 36.8 Å². The number of aromatic nitrogens is 2. The quantitative estimate of drug-likeness (QED) is 0.652. The molecular formula is C16H16N4O5. The first-order valence-corrected chi connectivity index (χ1v) is 7.75. The van der Waals surface area contributed by atoms with Crippen molar-refractivity contribution < 1.29 is 23.5 Å². The lowest BCUT2D eigenvalue weighted by Gasteiger charge is -2.15. The first-order chi connectivity index (χ1) is 12.1. The molecule has 3 rings (SSSR count). The summed E-state index contributed by atoms with van der Waals surface area (Å²) in [6.07, 6.45) is 0.225. The maximum atomic E-state index is 12.2. The van der Waals surface area contributed by atoms with Crippen molar-refractivity contribution in [2.75, 3.05) is 23.4 Å². The number of nitrogens with one attached hydrogen (secondary N) is 1. The Bertz CT molecular complexity index is 789. The molecule has 1 aromatic heterocycles. The smallest absolute Gasteiger partial charge is 0.397 e. The zero-order valence-corrected chi connectivity index (χ0v) is 13.5. The third-order valence-electron chi connectivity index (χ3n) is 3.66. The minimum atomic E-state index is -1.03. The van der Waals surface area contributed by atoms with Gasteiger partial charge in [0.05, 0.1) is 12.5 Å². The van der Waals surface area contributed by atoms with E-state index in [1.807, 2.05) is 30.3 Å². The molecule has 25 heavy (non-hydrogen) atoms. The molecule has 0 spiro atoms. The van der Waals surface area contributed by atoms with Gasteiger partial charge in [-0.15, -0.1) is 5.10 Å². The number of nitrogens with zero attached hydrogens (tertiary/aromatic N) is 3. The number of ether oxygens (including phenoxy) is 1. The summed E-state index contributed by atoms with van der Waals surface area (Å²) < 4.78 is 9.93. The van der Waals surface area contributed by atoms with Gasteiger partial charge in [-0.2, -0.15) is 0 Å². The van der Waals surface area contributed by atoms with E-state index in [9.17, 15) is 14.4 Å².